The van der Waals surface area contributed by atoms with E-state index in [1.807, 2.05) is 0 Å². The van der Waals surface area contributed by atoms with E-state index in [1.54, 1.807) is 0 Å². The number of rotatable bonds is 2. The summed E-state index contributed by atoms with van der Waals surface area (Å²) in [4.78, 5) is 4.67. The normalized spacial score (nSPS) is 25.3. The van der Waals surface area contributed by atoms with Gasteiger partial charge < -0.3 is 0 Å². The minimum atomic E-state index is 0.333. The van der Waals surface area contributed by atoms with Crippen LogP contribution in [-0.4, -0.2) is 12.3 Å². The van der Waals surface area contributed by atoms with E-state index in [2.05, 4.69) is 32.7 Å². The van der Waals surface area contributed by atoms with Gasteiger partial charge in [0.25, 0.3) is 0 Å². The van der Waals surface area contributed by atoms with Gasteiger partial charge >= 0.3 is 0 Å². The van der Waals surface area contributed by atoms with Crippen LogP contribution in [0.15, 0.2) is 4.99 Å². The molecule has 0 fully saturated rings. The fraction of sp³-hybridized carbons (Fsp3) is 0.909. The summed E-state index contributed by atoms with van der Waals surface area (Å²) in [6.45, 7) is 10.3. The molecule has 1 rings (SSSR count). The van der Waals surface area contributed by atoms with Gasteiger partial charge in [-0.1, -0.05) is 27.7 Å². The van der Waals surface area contributed by atoms with Crippen LogP contribution < -0.4 is 0 Å². The molecule has 1 aliphatic rings. The topological polar surface area (TPSA) is 12.4 Å². The first-order chi connectivity index (χ1) is 5.58. The van der Waals surface area contributed by atoms with Crippen LogP contribution in [0.5, 0.6) is 0 Å². The number of nitrogens with zero attached hydrogens (tertiary/aromatic N) is 1. The predicted octanol–water partition coefficient (Wildman–Crippen LogP) is 3.29. The van der Waals surface area contributed by atoms with Gasteiger partial charge in [0.15, 0.2) is 0 Å². The smallest absolute Gasteiger partial charge is 0.0389 e. The van der Waals surface area contributed by atoms with E-state index < -0.39 is 0 Å². The third-order valence-corrected chi connectivity index (χ3v) is 3.12. The molecule has 0 saturated heterocycles. The van der Waals surface area contributed by atoms with Crippen LogP contribution in [0.1, 0.15) is 47.0 Å². The van der Waals surface area contributed by atoms with Crippen LogP contribution >= 0.6 is 0 Å². The zero-order chi connectivity index (χ0) is 9.19. The van der Waals surface area contributed by atoms with Crippen LogP contribution in [0.3, 0.4) is 0 Å². The molecule has 1 unspecified atom stereocenters. The van der Waals surface area contributed by atoms with E-state index in [9.17, 15) is 0 Å². The van der Waals surface area contributed by atoms with Gasteiger partial charge in [0.05, 0.1) is 0 Å². The molecule has 0 amide bonds. The molecular formula is C11H21N. The summed E-state index contributed by atoms with van der Waals surface area (Å²) >= 11 is 0. The van der Waals surface area contributed by atoms with Crippen LogP contribution in [-0.2, 0) is 0 Å². The van der Waals surface area contributed by atoms with Crippen LogP contribution in [0.4, 0.5) is 0 Å². The lowest BCUT2D eigenvalue weighted by atomic mass is 9.76. The molecule has 12 heavy (non-hydrogen) atoms. The Morgan fingerprint density at radius 1 is 1.50 bits per heavy atom. The minimum absolute atomic E-state index is 0.333. The van der Waals surface area contributed by atoms with Crippen molar-refractivity contribution >= 4 is 5.71 Å². The van der Waals surface area contributed by atoms with E-state index in [0.717, 1.165) is 6.54 Å². The van der Waals surface area contributed by atoms with Crippen molar-refractivity contribution in [3.8, 4) is 0 Å². The molecule has 0 N–H and O–H groups in total. The summed E-state index contributed by atoms with van der Waals surface area (Å²) in [7, 11) is 0. The molecule has 0 aromatic rings. The van der Waals surface area contributed by atoms with Crippen molar-refractivity contribution in [1.29, 1.82) is 0 Å². The fourth-order valence-electron chi connectivity index (χ4n) is 1.95. The molecule has 70 valence electrons. The first-order valence-corrected chi connectivity index (χ1v) is 5.12. The molecule has 1 nitrogen and oxygen atoms in total. The first-order valence-electron chi connectivity index (χ1n) is 5.12. The van der Waals surface area contributed by atoms with Crippen LogP contribution in [0, 0.1) is 11.3 Å². The van der Waals surface area contributed by atoms with E-state index in [4.69, 9.17) is 0 Å². The number of hydrogen-bond donors (Lipinski definition) is 0. The van der Waals surface area contributed by atoms with Crippen molar-refractivity contribution in [3.63, 3.8) is 0 Å². The highest BCUT2D eigenvalue weighted by molar-refractivity contribution is 5.91. The average Bonchev–Trinajstić information content (AvgIpc) is 2.05. The van der Waals surface area contributed by atoms with E-state index in [0.29, 0.717) is 11.3 Å². The second kappa shape index (κ2) is 3.59. The van der Waals surface area contributed by atoms with Gasteiger partial charge in [-0.25, -0.2) is 0 Å². The van der Waals surface area contributed by atoms with Crippen molar-refractivity contribution < 1.29 is 0 Å². The quantitative estimate of drug-likeness (QED) is 0.598. The highest BCUT2D eigenvalue weighted by Gasteiger charge is 2.28. The molecular weight excluding hydrogens is 146 g/mol. The predicted molar refractivity (Wildman–Crippen MR) is 54.8 cm³/mol. The van der Waals surface area contributed by atoms with Gasteiger partial charge in [-0.2, -0.15) is 0 Å². The Bertz CT molecular complexity index is 179. The lowest BCUT2D eigenvalue weighted by molar-refractivity contribution is 0.448. The zero-order valence-corrected chi connectivity index (χ0v) is 8.85. The molecule has 0 radical (unpaired) electrons. The maximum atomic E-state index is 4.67. The van der Waals surface area contributed by atoms with E-state index in [1.165, 1.54) is 25.0 Å². The van der Waals surface area contributed by atoms with Crippen molar-refractivity contribution in [2.45, 2.75) is 47.0 Å². The van der Waals surface area contributed by atoms with Crippen molar-refractivity contribution in [1.82, 2.24) is 0 Å². The molecule has 1 atom stereocenters. The molecule has 1 aliphatic heterocycles. The molecule has 0 aromatic carbocycles. The number of aliphatic imine (C=N–C) groups is 1. The summed E-state index contributed by atoms with van der Waals surface area (Å²) in [5.41, 5.74) is 1.79. The van der Waals surface area contributed by atoms with Crippen molar-refractivity contribution in [2.75, 3.05) is 6.54 Å². The summed E-state index contributed by atoms with van der Waals surface area (Å²) in [5, 5.41) is 0. The second-order valence-corrected chi connectivity index (χ2v) is 4.55. The highest BCUT2D eigenvalue weighted by atomic mass is 14.8. The largest absolute Gasteiger partial charge is 0.293 e. The van der Waals surface area contributed by atoms with Gasteiger partial charge in [0, 0.05) is 17.7 Å². The van der Waals surface area contributed by atoms with Crippen LogP contribution in [0.2, 0.25) is 0 Å². The average molecular weight is 167 g/mol. The lowest BCUT2D eigenvalue weighted by Crippen LogP contribution is -2.31. The monoisotopic (exact) mass is 167 g/mol. The van der Waals surface area contributed by atoms with Crippen molar-refractivity contribution in [2.24, 2.45) is 16.3 Å². The first kappa shape index (κ1) is 9.76. The Morgan fingerprint density at radius 3 is 2.67 bits per heavy atom. The standard InChI is InChI=1S/C11H21N/c1-5-11(3,4)10-9(2)7-6-8-12-10/h9H,5-8H2,1-4H3. The third kappa shape index (κ3) is 1.88. The molecule has 0 bridgehead atoms. The molecule has 1 heteroatoms. The SMILES string of the molecule is CCC(C)(C)C1=NCCCC1C. The van der Waals surface area contributed by atoms with Gasteiger partial charge in [0.2, 0.25) is 0 Å². The molecule has 1 heterocycles. The Kier molecular flexibility index (Phi) is 2.92. The molecule has 0 aromatic heterocycles. The number of hydrogen-bond acceptors (Lipinski definition) is 1. The maximum absolute atomic E-state index is 4.67. The van der Waals surface area contributed by atoms with E-state index >= 15 is 0 Å². The Morgan fingerprint density at radius 2 is 2.17 bits per heavy atom. The Labute approximate surface area is 76.3 Å². The molecule has 0 aliphatic carbocycles. The minimum Gasteiger partial charge on any atom is -0.293 e. The lowest BCUT2D eigenvalue weighted by Gasteiger charge is -2.32. The second-order valence-electron chi connectivity index (χ2n) is 4.55. The van der Waals surface area contributed by atoms with Crippen LogP contribution in [0.25, 0.3) is 0 Å². The summed E-state index contributed by atoms with van der Waals surface area (Å²) in [6, 6.07) is 0. The maximum Gasteiger partial charge on any atom is 0.0389 e. The van der Waals surface area contributed by atoms with E-state index in [-0.39, 0.29) is 0 Å². The van der Waals surface area contributed by atoms with Gasteiger partial charge in [-0.3, -0.25) is 4.99 Å². The van der Waals surface area contributed by atoms with Crippen molar-refractivity contribution in [3.05, 3.63) is 0 Å². The Balaban J connectivity index is 2.78. The molecule has 0 spiro atoms. The van der Waals surface area contributed by atoms with Gasteiger partial charge in [0.1, 0.15) is 0 Å². The zero-order valence-electron chi connectivity index (χ0n) is 8.85. The highest BCUT2D eigenvalue weighted by Crippen LogP contribution is 2.30. The Hall–Kier alpha value is -0.330. The summed E-state index contributed by atoms with van der Waals surface area (Å²) < 4.78 is 0. The molecule has 0 saturated carbocycles. The van der Waals surface area contributed by atoms with Gasteiger partial charge in [-0.05, 0) is 25.2 Å². The fourth-order valence-corrected chi connectivity index (χ4v) is 1.95. The third-order valence-electron chi connectivity index (χ3n) is 3.12. The van der Waals surface area contributed by atoms with Gasteiger partial charge in [-0.15, -0.1) is 0 Å². The summed E-state index contributed by atoms with van der Waals surface area (Å²) in [6.07, 6.45) is 3.82. The summed E-state index contributed by atoms with van der Waals surface area (Å²) in [5.74, 6) is 0.716.